The van der Waals surface area contributed by atoms with Gasteiger partial charge in [0.25, 0.3) is 0 Å². The van der Waals surface area contributed by atoms with Crippen molar-refractivity contribution < 1.29 is 12.8 Å². The molecule has 0 unspecified atom stereocenters. The van der Waals surface area contributed by atoms with Gasteiger partial charge in [0.1, 0.15) is 16.4 Å². The van der Waals surface area contributed by atoms with Crippen LogP contribution in [0.25, 0.3) is 0 Å². The van der Waals surface area contributed by atoms with Crippen LogP contribution >= 0.6 is 11.6 Å². The van der Waals surface area contributed by atoms with Crippen LogP contribution in [0, 0.1) is 18.8 Å². The second-order valence-corrected chi connectivity index (χ2v) is 7.93. The third-order valence-electron chi connectivity index (χ3n) is 4.11. The first-order valence-corrected chi connectivity index (χ1v) is 8.99. The predicted octanol–water partition coefficient (Wildman–Crippen LogP) is 3.38. The highest BCUT2D eigenvalue weighted by Crippen LogP contribution is 2.30. The lowest BCUT2D eigenvalue weighted by atomic mass is 9.87. The highest BCUT2D eigenvalue weighted by atomic mass is 35.5. The molecule has 20 heavy (non-hydrogen) atoms. The lowest BCUT2D eigenvalue weighted by Gasteiger charge is -2.32. The normalized spacial score (nSPS) is 18.9. The number of piperidine rings is 1. The topological polar surface area (TPSA) is 50.5 Å². The summed E-state index contributed by atoms with van der Waals surface area (Å²) in [5.74, 6) is 2.33. The van der Waals surface area contributed by atoms with E-state index in [1.54, 1.807) is 17.3 Å². The third-order valence-corrected chi connectivity index (χ3v) is 6.38. The van der Waals surface area contributed by atoms with Gasteiger partial charge >= 0.3 is 0 Å². The molecule has 4 nitrogen and oxygen atoms in total. The lowest BCUT2D eigenvalue weighted by molar-refractivity contribution is 0.226. The number of nitrogens with zero attached hydrogens (tertiary/aromatic N) is 1. The van der Waals surface area contributed by atoms with E-state index >= 15 is 0 Å². The van der Waals surface area contributed by atoms with Crippen molar-refractivity contribution in [2.24, 2.45) is 11.8 Å². The molecule has 2 heterocycles. The molecule has 0 aromatic carbocycles. The Morgan fingerprint density at radius 1 is 1.40 bits per heavy atom. The second kappa shape index (κ2) is 6.08. The van der Waals surface area contributed by atoms with Gasteiger partial charge < -0.3 is 4.42 Å². The van der Waals surface area contributed by atoms with Gasteiger partial charge in [0, 0.05) is 19.2 Å². The minimum atomic E-state index is -3.45. The van der Waals surface area contributed by atoms with E-state index in [0.29, 0.717) is 36.4 Å². The van der Waals surface area contributed by atoms with Crippen LogP contribution in [0.5, 0.6) is 0 Å². The molecule has 0 saturated carbocycles. The van der Waals surface area contributed by atoms with Crippen LogP contribution in [0.3, 0.4) is 0 Å². The van der Waals surface area contributed by atoms with E-state index in [4.69, 9.17) is 16.0 Å². The smallest absolute Gasteiger partial charge is 0.246 e. The predicted molar refractivity (Wildman–Crippen MR) is 79.3 cm³/mol. The van der Waals surface area contributed by atoms with Crippen LogP contribution in [-0.2, 0) is 15.9 Å². The van der Waals surface area contributed by atoms with Crippen molar-refractivity contribution >= 4 is 21.6 Å². The zero-order chi connectivity index (χ0) is 14.9. The van der Waals surface area contributed by atoms with Crippen LogP contribution in [0.1, 0.15) is 38.2 Å². The van der Waals surface area contributed by atoms with Gasteiger partial charge in [-0.15, -0.1) is 11.6 Å². The number of hydrogen-bond donors (Lipinski definition) is 0. The molecule has 6 heteroatoms. The standard InChI is InChI=1S/C14H22ClNO3S/c1-10(2)12-4-6-16(7-5-12)20(17,18)14-8-13(9-15)19-11(14)3/h8,10,12H,4-7,9H2,1-3H3. The first kappa shape index (κ1) is 15.9. The summed E-state index contributed by atoms with van der Waals surface area (Å²) in [4.78, 5) is 0.260. The highest BCUT2D eigenvalue weighted by Gasteiger charge is 2.32. The van der Waals surface area contributed by atoms with Crippen molar-refractivity contribution in [1.29, 1.82) is 0 Å². The van der Waals surface area contributed by atoms with Gasteiger partial charge in [-0.1, -0.05) is 13.8 Å². The SMILES string of the molecule is Cc1oc(CCl)cc1S(=O)(=O)N1CCC(C(C)C)CC1. The van der Waals surface area contributed by atoms with Crippen molar-refractivity contribution in [3.8, 4) is 0 Å². The minimum absolute atomic E-state index is 0.186. The number of alkyl halides is 1. The number of sulfonamides is 1. The van der Waals surface area contributed by atoms with Crippen LogP contribution < -0.4 is 0 Å². The van der Waals surface area contributed by atoms with Crippen LogP contribution in [0.4, 0.5) is 0 Å². The van der Waals surface area contributed by atoms with Gasteiger partial charge in [-0.3, -0.25) is 0 Å². The minimum Gasteiger partial charge on any atom is -0.464 e. The molecule has 0 atom stereocenters. The van der Waals surface area contributed by atoms with Gasteiger partial charge in [-0.05, 0) is 31.6 Å². The van der Waals surface area contributed by atoms with Crippen molar-refractivity contribution in [3.63, 3.8) is 0 Å². The maximum Gasteiger partial charge on any atom is 0.246 e. The zero-order valence-electron chi connectivity index (χ0n) is 12.2. The number of furan rings is 1. The Kier molecular flexibility index (Phi) is 4.82. The maximum absolute atomic E-state index is 12.6. The van der Waals surface area contributed by atoms with E-state index in [2.05, 4.69) is 13.8 Å². The summed E-state index contributed by atoms with van der Waals surface area (Å²) in [6, 6.07) is 1.55. The second-order valence-electron chi connectivity index (χ2n) is 5.75. The first-order valence-electron chi connectivity index (χ1n) is 7.01. The Morgan fingerprint density at radius 3 is 2.45 bits per heavy atom. The summed E-state index contributed by atoms with van der Waals surface area (Å²) in [5, 5.41) is 0. The molecule has 1 aromatic heterocycles. The summed E-state index contributed by atoms with van der Waals surface area (Å²) in [7, 11) is -3.45. The molecular weight excluding hydrogens is 298 g/mol. The zero-order valence-corrected chi connectivity index (χ0v) is 13.8. The van der Waals surface area contributed by atoms with Gasteiger partial charge in [-0.2, -0.15) is 4.31 Å². The molecule has 1 aromatic rings. The van der Waals surface area contributed by atoms with Gasteiger partial charge in [0.15, 0.2) is 0 Å². The van der Waals surface area contributed by atoms with Crippen LogP contribution in [0.15, 0.2) is 15.4 Å². The summed E-state index contributed by atoms with van der Waals surface area (Å²) >= 11 is 5.70. The Balaban J connectivity index is 2.17. The quantitative estimate of drug-likeness (QED) is 0.799. The molecule has 1 saturated heterocycles. The van der Waals surface area contributed by atoms with Crippen molar-refractivity contribution in [3.05, 3.63) is 17.6 Å². The summed E-state index contributed by atoms with van der Waals surface area (Å²) in [6.45, 7) is 7.24. The molecule has 0 amide bonds. The average Bonchev–Trinajstić information content (AvgIpc) is 2.81. The van der Waals surface area contributed by atoms with E-state index in [1.165, 1.54) is 0 Å². The molecule has 0 N–H and O–H groups in total. The molecule has 114 valence electrons. The van der Waals surface area contributed by atoms with Gasteiger partial charge in [0.05, 0.1) is 5.88 Å². The van der Waals surface area contributed by atoms with E-state index in [9.17, 15) is 8.42 Å². The molecule has 1 aliphatic rings. The summed E-state index contributed by atoms with van der Waals surface area (Å²) in [5.41, 5.74) is 0. The van der Waals surface area contributed by atoms with Gasteiger partial charge in [-0.25, -0.2) is 8.42 Å². The highest BCUT2D eigenvalue weighted by molar-refractivity contribution is 7.89. The van der Waals surface area contributed by atoms with E-state index in [1.807, 2.05) is 0 Å². The first-order chi connectivity index (χ1) is 9.36. The maximum atomic E-state index is 12.6. The molecule has 0 spiro atoms. The van der Waals surface area contributed by atoms with Gasteiger partial charge in [0.2, 0.25) is 10.0 Å². The largest absolute Gasteiger partial charge is 0.464 e. The van der Waals surface area contributed by atoms with Crippen molar-refractivity contribution in [1.82, 2.24) is 4.31 Å². The summed E-state index contributed by atoms with van der Waals surface area (Å²) in [6.07, 6.45) is 1.85. The molecule has 1 aliphatic heterocycles. The molecular formula is C14H22ClNO3S. The third kappa shape index (κ3) is 3.05. The average molecular weight is 320 g/mol. The fourth-order valence-electron chi connectivity index (χ4n) is 2.77. The Labute approximate surface area is 126 Å². The number of aryl methyl sites for hydroxylation is 1. The number of halogens is 1. The Hall–Kier alpha value is -0.520. The summed E-state index contributed by atoms with van der Waals surface area (Å²) < 4.78 is 32.2. The van der Waals surface area contributed by atoms with Crippen molar-refractivity contribution in [2.75, 3.05) is 13.1 Å². The molecule has 1 fully saturated rings. The van der Waals surface area contributed by atoms with E-state index in [-0.39, 0.29) is 10.8 Å². The molecule has 0 bridgehead atoms. The Morgan fingerprint density at radius 2 is 2.00 bits per heavy atom. The monoisotopic (exact) mass is 319 g/mol. The van der Waals surface area contributed by atoms with E-state index < -0.39 is 10.0 Å². The number of hydrogen-bond acceptors (Lipinski definition) is 3. The molecule has 2 rings (SSSR count). The van der Waals surface area contributed by atoms with Crippen molar-refractivity contribution in [2.45, 2.75) is 44.4 Å². The Bertz CT molecular complexity index is 557. The van der Waals surface area contributed by atoms with Crippen LogP contribution in [-0.4, -0.2) is 25.8 Å². The molecule has 0 aliphatic carbocycles. The lowest BCUT2D eigenvalue weighted by Crippen LogP contribution is -2.39. The number of rotatable bonds is 4. The fraction of sp³-hybridized carbons (Fsp3) is 0.714. The van der Waals surface area contributed by atoms with E-state index in [0.717, 1.165) is 12.8 Å². The molecule has 0 radical (unpaired) electrons. The fourth-order valence-corrected chi connectivity index (χ4v) is 4.55. The van der Waals surface area contributed by atoms with Crippen LogP contribution in [0.2, 0.25) is 0 Å².